The molecule has 6 nitrogen and oxygen atoms in total. The first-order chi connectivity index (χ1) is 13.9. The van der Waals surface area contributed by atoms with Gasteiger partial charge in [-0.15, -0.1) is 21.6 Å². The van der Waals surface area contributed by atoms with Crippen molar-refractivity contribution < 1.29 is 4.74 Å². The van der Waals surface area contributed by atoms with Gasteiger partial charge >= 0.3 is 0 Å². The van der Waals surface area contributed by atoms with Gasteiger partial charge in [-0.2, -0.15) is 10.5 Å². The highest BCUT2D eigenvalue weighted by Crippen LogP contribution is 2.36. The number of aryl methyl sites for hydroxylation is 1. The Kier molecular flexibility index (Phi) is 7.94. The summed E-state index contributed by atoms with van der Waals surface area (Å²) in [5, 5.41) is 27.5. The minimum atomic E-state index is 0.172. The number of hydrogen-bond acceptors (Lipinski definition) is 7. The van der Waals surface area contributed by atoms with E-state index in [4.69, 9.17) is 10.00 Å². The van der Waals surface area contributed by atoms with Gasteiger partial charge in [0.15, 0.2) is 5.00 Å². The molecule has 0 aliphatic rings. The van der Waals surface area contributed by atoms with Gasteiger partial charge in [0.1, 0.15) is 17.0 Å². The molecule has 0 radical (unpaired) electrons. The Morgan fingerprint density at radius 2 is 1.97 bits per heavy atom. The summed E-state index contributed by atoms with van der Waals surface area (Å²) in [5.74, 6) is 0. The lowest BCUT2D eigenvalue weighted by Crippen LogP contribution is -2.22. The topological polar surface area (TPSA) is 84.8 Å². The Bertz CT molecular complexity index is 992. The lowest BCUT2D eigenvalue weighted by atomic mass is 10.1. The summed E-state index contributed by atoms with van der Waals surface area (Å²) in [5.41, 5.74) is 3.89. The summed E-state index contributed by atoms with van der Waals surface area (Å²) >= 11 is 1.19. The Labute approximate surface area is 176 Å². The number of rotatable bonds is 8. The maximum atomic E-state index is 9.33. The number of azo groups is 1. The van der Waals surface area contributed by atoms with Gasteiger partial charge in [-0.1, -0.05) is 0 Å². The number of hydrogen-bond donors (Lipinski definition) is 0. The first-order valence-electron chi connectivity index (χ1n) is 9.42. The molecule has 2 rings (SSSR count). The first-order valence-corrected chi connectivity index (χ1v) is 10.2. The van der Waals surface area contributed by atoms with E-state index < -0.39 is 0 Å². The number of nitriles is 2. The van der Waals surface area contributed by atoms with Crippen molar-refractivity contribution in [1.29, 1.82) is 10.5 Å². The molecule has 0 saturated carbocycles. The molecule has 0 aliphatic carbocycles. The summed E-state index contributed by atoms with van der Waals surface area (Å²) in [4.78, 5) is 2.72. The van der Waals surface area contributed by atoms with Crippen molar-refractivity contribution in [3.63, 3.8) is 0 Å². The SMILES string of the molecule is CCN(C/C=C\OC(C)C)c1ccc(N=Nc2sc(C#N)c(C)c2C#N)c(C)c1. The van der Waals surface area contributed by atoms with E-state index in [9.17, 15) is 5.26 Å². The fourth-order valence-corrected chi connectivity index (χ4v) is 3.53. The number of anilines is 1. The third kappa shape index (κ3) is 5.66. The molecule has 0 N–H and O–H groups in total. The van der Waals surface area contributed by atoms with Crippen molar-refractivity contribution in [2.45, 2.75) is 40.7 Å². The fraction of sp³-hybridized carbons (Fsp3) is 0.364. The molecule has 0 amide bonds. The Morgan fingerprint density at radius 1 is 1.21 bits per heavy atom. The zero-order valence-corrected chi connectivity index (χ0v) is 18.2. The second-order valence-electron chi connectivity index (χ2n) is 6.73. The van der Waals surface area contributed by atoms with Gasteiger partial charge in [-0.25, -0.2) is 0 Å². The second kappa shape index (κ2) is 10.4. The van der Waals surface area contributed by atoms with Crippen LogP contribution in [-0.4, -0.2) is 19.2 Å². The number of ether oxygens (including phenoxy) is 1. The van der Waals surface area contributed by atoms with Crippen molar-refractivity contribution >= 4 is 27.7 Å². The summed E-state index contributed by atoms with van der Waals surface area (Å²) < 4.78 is 5.45. The molecule has 150 valence electrons. The van der Waals surface area contributed by atoms with E-state index in [1.807, 2.05) is 39.0 Å². The van der Waals surface area contributed by atoms with Crippen LogP contribution in [0.2, 0.25) is 0 Å². The van der Waals surface area contributed by atoms with Crippen molar-refractivity contribution in [3.05, 3.63) is 52.1 Å². The van der Waals surface area contributed by atoms with E-state index in [-0.39, 0.29) is 6.10 Å². The molecule has 1 aromatic carbocycles. The van der Waals surface area contributed by atoms with E-state index in [2.05, 4.69) is 40.3 Å². The third-order valence-corrected chi connectivity index (χ3v) is 5.37. The van der Waals surface area contributed by atoms with Crippen LogP contribution in [-0.2, 0) is 4.74 Å². The molecule has 0 unspecified atom stereocenters. The number of benzene rings is 1. The molecule has 1 heterocycles. The molecule has 2 aromatic rings. The normalized spacial score (nSPS) is 11.2. The number of thiophene rings is 1. The lowest BCUT2D eigenvalue weighted by molar-refractivity contribution is 0.179. The minimum Gasteiger partial charge on any atom is -0.499 e. The number of nitrogens with zero attached hydrogens (tertiary/aromatic N) is 5. The van der Waals surface area contributed by atoms with Crippen LogP contribution in [0.3, 0.4) is 0 Å². The minimum absolute atomic E-state index is 0.172. The Balaban J connectivity index is 2.19. The molecule has 0 spiro atoms. The van der Waals surface area contributed by atoms with Gasteiger partial charge in [0.25, 0.3) is 0 Å². The van der Waals surface area contributed by atoms with E-state index in [0.717, 1.165) is 30.0 Å². The lowest BCUT2D eigenvalue weighted by Gasteiger charge is -2.22. The van der Waals surface area contributed by atoms with E-state index >= 15 is 0 Å². The quantitative estimate of drug-likeness (QED) is 0.380. The zero-order valence-electron chi connectivity index (χ0n) is 17.4. The van der Waals surface area contributed by atoms with Crippen LogP contribution in [0.1, 0.15) is 42.3 Å². The van der Waals surface area contributed by atoms with Gasteiger partial charge < -0.3 is 9.64 Å². The second-order valence-corrected chi connectivity index (χ2v) is 7.73. The Morgan fingerprint density at radius 3 is 2.55 bits per heavy atom. The predicted octanol–water partition coefficient (Wildman–Crippen LogP) is 6.29. The highest BCUT2D eigenvalue weighted by molar-refractivity contribution is 7.16. The van der Waals surface area contributed by atoms with Crippen LogP contribution in [0.25, 0.3) is 0 Å². The van der Waals surface area contributed by atoms with Crippen molar-refractivity contribution in [2.75, 3.05) is 18.0 Å². The molecule has 0 saturated heterocycles. The average molecular weight is 408 g/mol. The Hall–Kier alpha value is -3.16. The van der Waals surface area contributed by atoms with Gasteiger partial charge in [0, 0.05) is 18.8 Å². The molecule has 29 heavy (non-hydrogen) atoms. The predicted molar refractivity (Wildman–Crippen MR) is 117 cm³/mol. The number of likely N-dealkylation sites (N-methyl/N-ethyl adjacent to an activating group) is 1. The molecular formula is C22H25N5OS. The van der Waals surface area contributed by atoms with Crippen LogP contribution in [0, 0.1) is 36.5 Å². The summed E-state index contributed by atoms with van der Waals surface area (Å²) in [6.07, 6.45) is 3.92. The fourth-order valence-electron chi connectivity index (χ4n) is 2.65. The summed E-state index contributed by atoms with van der Waals surface area (Å²) in [6, 6.07) is 10.2. The molecule has 0 aliphatic heterocycles. The maximum absolute atomic E-state index is 9.33. The largest absolute Gasteiger partial charge is 0.499 e. The van der Waals surface area contributed by atoms with Crippen molar-refractivity contribution in [1.82, 2.24) is 0 Å². The highest BCUT2D eigenvalue weighted by atomic mass is 32.1. The van der Waals surface area contributed by atoms with Gasteiger partial charge in [-0.3, -0.25) is 0 Å². The van der Waals surface area contributed by atoms with E-state index in [0.29, 0.717) is 21.0 Å². The monoisotopic (exact) mass is 407 g/mol. The van der Waals surface area contributed by atoms with Crippen LogP contribution >= 0.6 is 11.3 Å². The van der Waals surface area contributed by atoms with Gasteiger partial charge in [0.05, 0.1) is 23.6 Å². The molecule has 1 aromatic heterocycles. The molecule has 0 atom stereocenters. The maximum Gasteiger partial charge on any atom is 0.158 e. The van der Waals surface area contributed by atoms with Crippen molar-refractivity contribution in [2.24, 2.45) is 10.2 Å². The van der Waals surface area contributed by atoms with Gasteiger partial charge in [-0.05, 0) is 70.0 Å². The van der Waals surface area contributed by atoms with Crippen molar-refractivity contribution in [3.8, 4) is 12.1 Å². The zero-order chi connectivity index (χ0) is 21.4. The smallest absolute Gasteiger partial charge is 0.158 e. The van der Waals surface area contributed by atoms with E-state index in [1.165, 1.54) is 11.3 Å². The van der Waals surface area contributed by atoms with Gasteiger partial charge in [0.2, 0.25) is 0 Å². The summed E-state index contributed by atoms with van der Waals surface area (Å²) in [7, 11) is 0. The molecule has 7 heteroatoms. The van der Waals surface area contributed by atoms with E-state index in [1.54, 1.807) is 13.2 Å². The molecule has 0 fully saturated rings. The molecule has 0 bridgehead atoms. The van der Waals surface area contributed by atoms with Crippen LogP contribution in [0.15, 0.2) is 40.8 Å². The van der Waals surface area contributed by atoms with Crippen LogP contribution < -0.4 is 4.90 Å². The van der Waals surface area contributed by atoms with Crippen LogP contribution in [0.5, 0.6) is 0 Å². The highest BCUT2D eigenvalue weighted by Gasteiger charge is 2.14. The standard InChI is InChI=1S/C22H25N5OS/c1-6-27(10-7-11-28-15(2)3)18-8-9-20(16(4)12-18)25-26-22-19(13-23)17(5)21(14-24)29-22/h7-9,11-12,15H,6,10H2,1-5H3/b11-7-,26-25?. The van der Waals surface area contributed by atoms with Crippen LogP contribution in [0.4, 0.5) is 16.4 Å². The molecular weight excluding hydrogens is 382 g/mol. The first kappa shape index (κ1) is 22.1. The summed E-state index contributed by atoms with van der Waals surface area (Å²) in [6.45, 7) is 11.5. The third-order valence-electron chi connectivity index (χ3n) is 4.29. The average Bonchev–Trinajstić information content (AvgIpc) is 3.01.